The van der Waals surface area contributed by atoms with Gasteiger partial charge in [0.1, 0.15) is 10.5 Å². The monoisotopic (exact) mass is 150 g/mol. The fourth-order valence-electron chi connectivity index (χ4n) is 0.544. The molecule has 0 aromatic rings. The van der Waals surface area contributed by atoms with Crippen LogP contribution in [0.15, 0.2) is 0 Å². The van der Waals surface area contributed by atoms with Gasteiger partial charge in [-0.25, -0.2) is 0 Å². The predicted octanol–water partition coefficient (Wildman–Crippen LogP) is 1.87. The van der Waals surface area contributed by atoms with Crippen molar-refractivity contribution in [1.82, 2.24) is 0 Å². The van der Waals surface area contributed by atoms with Crippen molar-refractivity contribution in [2.75, 3.05) is 6.26 Å². The van der Waals surface area contributed by atoms with Gasteiger partial charge in [0.25, 0.3) is 0 Å². The molecule has 0 rings (SSSR count). The summed E-state index contributed by atoms with van der Waals surface area (Å²) in [5, 5.41) is 1.74. The third-order valence-electron chi connectivity index (χ3n) is 1.49. The molecule has 0 saturated heterocycles. The van der Waals surface area contributed by atoms with Gasteiger partial charge in [-0.3, -0.25) is 0 Å². The van der Waals surface area contributed by atoms with Crippen LogP contribution in [0.3, 0.4) is 0 Å². The van der Waals surface area contributed by atoms with Gasteiger partial charge < -0.3 is 5.48 Å². The van der Waals surface area contributed by atoms with Crippen LogP contribution in [-0.4, -0.2) is 22.2 Å². The molecule has 2 heteroatoms. The summed E-state index contributed by atoms with van der Waals surface area (Å²) in [5.74, 6) is 0. The van der Waals surface area contributed by atoms with Gasteiger partial charge in [0.15, 0.2) is 0 Å². The molecule has 0 saturated carbocycles. The third-order valence-corrected chi connectivity index (χ3v) is 4.46. The molecule has 0 aromatic heterocycles. The van der Waals surface area contributed by atoms with Crippen molar-refractivity contribution in [3.8, 4) is 0 Å². The van der Waals surface area contributed by atoms with Gasteiger partial charge in [-0.15, -0.1) is 0 Å². The van der Waals surface area contributed by atoms with Crippen LogP contribution in [0.1, 0.15) is 27.7 Å². The fraction of sp³-hybridized carbons (Fsp3) is 1.00. The molecule has 9 heavy (non-hydrogen) atoms. The highest BCUT2D eigenvalue weighted by molar-refractivity contribution is 7.97. The topological polar surface area (TPSA) is 30.0 Å². The van der Waals surface area contributed by atoms with Crippen LogP contribution in [0.25, 0.3) is 0 Å². The fourth-order valence-corrected chi connectivity index (χ4v) is 1.63. The van der Waals surface area contributed by atoms with E-state index >= 15 is 0 Å². The Morgan fingerprint density at radius 2 is 1.11 bits per heavy atom. The van der Waals surface area contributed by atoms with E-state index in [-0.39, 0.29) is 5.48 Å². The van der Waals surface area contributed by atoms with Crippen LogP contribution in [-0.2, 0) is 10.9 Å². The first-order chi connectivity index (χ1) is 3.55. The summed E-state index contributed by atoms with van der Waals surface area (Å²) in [5.41, 5.74) is 0. The van der Waals surface area contributed by atoms with Crippen molar-refractivity contribution in [3.05, 3.63) is 0 Å². The maximum Gasteiger partial charge on any atom is 0.112 e. The minimum atomic E-state index is 0. The van der Waals surface area contributed by atoms with Gasteiger partial charge in [-0.2, -0.15) is 0 Å². The van der Waals surface area contributed by atoms with E-state index < -0.39 is 0 Å². The average molecular weight is 150 g/mol. The second-order valence-electron chi connectivity index (χ2n) is 2.70. The van der Waals surface area contributed by atoms with Gasteiger partial charge in [-0.05, 0) is 38.6 Å². The largest absolute Gasteiger partial charge is 0.870 e. The Morgan fingerprint density at radius 1 is 0.889 bits per heavy atom. The van der Waals surface area contributed by atoms with Crippen LogP contribution in [0.4, 0.5) is 0 Å². The van der Waals surface area contributed by atoms with Crippen molar-refractivity contribution in [1.29, 1.82) is 0 Å². The molecule has 0 heterocycles. The summed E-state index contributed by atoms with van der Waals surface area (Å²) >= 11 is 0. The molecule has 0 aromatic carbocycles. The summed E-state index contributed by atoms with van der Waals surface area (Å²) in [7, 11) is 0.627. The first-order valence-corrected chi connectivity index (χ1v) is 4.95. The van der Waals surface area contributed by atoms with Gasteiger partial charge >= 0.3 is 0 Å². The van der Waals surface area contributed by atoms with Crippen molar-refractivity contribution in [2.24, 2.45) is 0 Å². The summed E-state index contributed by atoms with van der Waals surface area (Å²) in [6.07, 6.45) is 2.34. The molecule has 0 bridgehead atoms. The molecule has 0 radical (unpaired) electrons. The molecule has 0 aliphatic carbocycles. The average Bonchev–Trinajstić information content (AvgIpc) is 1.64. The molecule has 0 aliphatic heterocycles. The third kappa shape index (κ3) is 4.79. The highest BCUT2D eigenvalue weighted by Crippen LogP contribution is 2.07. The lowest BCUT2D eigenvalue weighted by Crippen LogP contribution is -2.22. The Labute approximate surface area is 61.5 Å². The second-order valence-corrected chi connectivity index (χ2v) is 5.81. The van der Waals surface area contributed by atoms with Crippen molar-refractivity contribution >= 4 is 10.9 Å². The summed E-state index contributed by atoms with van der Waals surface area (Å²) in [6, 6.07) is 0. The molecular formula is C7H18OS. The lowest BCUT2D eigenvalue weighted by Gasteiger charge is -2.09. The Bertz CT molecular complexity index is 53.9. The zero-order valence-corrected chi connectivity index (χ0v) is 7.83. The first kappa shape index (κ1) is 12.0. The maximum absolute atomic E-state index is 2.34. The Balaban J connectivity index is 0. The van der Waals surface area contributed by atoms with E-state index in [2.05, 4.69) is 34.0 Å². The second kappa shape index (κ2) is 5.12. The van der Waals surface area contributed by atoms with Gasteiger partial charge in [0.05, 0.1) is 6.26 Å². The Kier molecular flexibility index (Phi) is 6.85. The Hall–Kier alpha value is 0.310. The molecule has 0 spiro atoms. The van der Waals surface area contributed by atoms with E-state index in [1.807, 2.05) is 0 Å². The molecule has 0 aliphatic rings. The number of rotatable bonds is 2. The van der Waals surface area contributed by atoms with E-state index in [9.17, 15) is 0 Å². The lowest BCUT2D eigenvalue weighted by atomic mass is 10.5. The van der Waals surface area contributed by atoms with Crippen LogP contribution < -0.4 is 0 Å². The number of hydrogen-bond acceptors (Lipinski definition) is 1. The molecule has 0 amide bonds. The summed E-state index contributed by atoms with van der Waals surface area (Å²) in [6.45, 7) is 9.18. The minimum absolute atomic E-state index is 0. The normalized spacial score (nSPS) is 10.7. The first-order valence-electron chi connectivity index (χ1n) is 3.19. The zero-order valence-electron chi connectivity index (χ0n) is 7.01. The SMILES string of the molecule is CC(C)[S+](C)C(C)C.[OH-]. The van der Waals surface area contributed by atoms with Crippen molar-refractivity contribution in [3.63, 3.8) is 0 Å². The molecule has 0 unspecified atom stereocenters. The minimum Gasteiger partial charge on any atom is -0.870 e. The van der Waals surface area contributed by atoms with Gasteiger partial charge in [-0.1, -0.05) is 0 Å². The molecule has 58 valence electrons. The van der Waals surface area contributed by atoms with Crippen LogP contribution in [0, 0.1) is 0 Å². The quantitative estimate of drug-likeness (QED) is 0.553. The summed E-state index contributed by atoms with van der Waals surface area (Å²) in [4.78, 5) is 0. The van der Waals surface area contributed by atoms with E-state index in [1.54, 1.807) is 0 Å². The van der Waals surface area contributed by atoms with Crippen LogP contribution >= 0.6 is 0 Å². The standard InChI is InChI=1S/C7H17S.H2O/c1-6(2)8(5)7(3)4;/h6-7H,1-5H3;1H2/q+1;/p-1. The smallest absolute Gasteiger partial charge is 0.112 e. The molecule has 1 nitrogen and oxygen atoms in total. The van der Waals surface area contributed by atoms with Gasteiger partial charge in [0.2, 0.25) is 0 Å². The van der Waals surface area contributed by atoms with Crippen molar-refractivity contribution in [2.45, 2.75) is 38.2 Å². The Morgan fingerprint density at radius 3 is 1.11 bits per heavy atom. The van der Waals surface area contributed by atoms with E-state index in [0.717, 1.165) is 10.5 Å². The predicted molar refractivity (Wildman–Crippen MR) is 45.5 cm³/mol. The van der Waals surface area contributed by atoms with Crippen LogP contribution in [0.5, 0.6) is 0 Å². The summed E-state index contributed by atoms with van der Waals surface area (Å²) < 4.78 is 0. The highest BCUT2D eigenvalue weighted by Gasteiger charge is 2.19. The molecular weight excluding hydrogens is 132 g/mol. The van der Waals surface area contributed by atoms with E-state index in [1.165, 1.54) is 0 Å². The maximum atomic E-state index is 2.34. The van der Waals surface area contributed by atoms with Gasteiger partial charge in [0, 0.05) is 0 Å². The van der Waals surface area contributed by atoms with Crippen molar-refractivity contribution < 1.29 is 5.48 Å². The number of hydrogen-bond donors (Lipinski definition) is 0. The lowest BCUT2D eigenvalue weighted by molar-refractivity contribution is 0.824. The molecule has 0 fully saturated rings. The van der Waals surface area contributed by atoms with Crippen LogP contribution in [0.2, 0.25) is 0 Å². The molecule has 1 N–H and O–H groups in total. The zero-order chi connectivity index (χ0) is 6.73. The highest BCUT2D eigenvalue weighted by atomic mass is 32.2. The molecule has 0 atom stereocenters. The van der Waals surface area contributed by atoms with E-state index in [4.69, 9.17) is 0 Å². The van der Waals surface area contributed by atoms with E-state index in [0.29, 0.717) is 10.9 Å².